The van der Waals surface area contributed by atoms with Gasteiger partial charge in [0.2, 0.25) is 22.0 Å². The van der Waals surface area contributed by atoms with Crippen molar-refractivity contribution in [2.24, 2.45) is 29.7 Å². The number of rotatable bonds is 10. The predicted molar refractivity (Wildman–Crippen MR) is 189 cm³/mol. The third-order valence-corrected chi connectivity index (χ3v) is 11.0. The SMILES string of the molecule is Cn1nc(NS(C)(=O)=O)c2cccc(-c3ccc(N4CC(N)CC4=O)nc3[C@H](Cc3cc(F)cc(F)c3)NC(=O)C[N+]3=NC(C(F)(F)F)C4=C3C(F)(F)[C@@H]3C[C@H]43)c21. The summed E-state index contributed by atoms with van der Waals surface area (Å²) in [6.45, 7) is -1.00. The number of benzene rings is 2. The summed E-state index contributed by atoms with van der Waals surface area (Å²) in [6, 6.07) is 6.01. The Morgan fingerprint density at radius 1 is 1.11 bits per heavy atom. The number of nitrogens with one attached hydrogen (secondary N) is 2. The number of nitrogens with two attached hydrogens (primary N) is 1. The van der Waals surface area contributed by atoms with E-state index >= 15 is 8.78 Å². The van der Waals surface area contributed by atoms with Crippen molar-refractivity contribution in [3.8, 4) is 11.1 Å². The number of para-hydroxylation sites is 1. The number of carbonyl (C=O) groups is 2. The van der Waals surface area contributed by atoms with Crippen LogP contribution in [0, 0.1) is 23.5 Å². The number of hydrogen-bond acceptors (Lipinski definition) is 8. The van der Waals surface area contributed by atoms with Crippen LogP contribution in [0.3, 0.4) is 0 Å². The molecule has 0 spiro atoms. The largest absolute Gasteiger partial charge is 0.420 e. The van der Waals surface area contributed by atoms with Crippen molar-refractivity contribution in [1.29, 1.82) is 0 Å². The summed E-state index contributed by atoms with van der Waals surface area (Å²) in [6.07, 6.45) is -4.59. The molecule has 4 N–H and O–H groups in total. The van der Waals surface area contributed by atoms with Gasteiger partial charge < -0.3 is 11.1 Å². The first-order valence-corrected chi connectivity index (χ1v) is 19.5. The van der Waals surface area contributed by atoms with Crippen molar-refractivity contribution in [1.82, 2.24) is 20.1 Å². The first kappa shape index (κ1) is 38.4. The molecule has 0 bridgehead atoms. The number of amides is 2. The maximum absolute atomic E-state index is 15.4. The number of nitrogens with zero attached hydrogens (tertiary/aromatic N) is 6. The molecule has 1 saturated carbocycles. The molecule has 1 saturated heterocycles. The van der Waals surface area contributed by atoms with Crippen molar-refractivity contribution in [3.05, 3.63) is 82.7 Å². The van der Waals surface area contributed by atoms with E-state index in [2.05, 4.69) is 20.3 Å². The summed E-state index contributed by atoms with van der Waals surface area (Å²) in [5.41, 5.74) is 5.53. The highest BCUT2D eigenvalue weighted by molar-refractivity contribution is 7.92. The zero-order valence-electron chi connectivity index (χ0n) is 30.0. The molecular weight excluding hydrogens is 788 g/mol. The molecule has 2 unspecified atom stereocenters. The Hall–Kier alpha value is -5.44. The van der Waals surface area contributed by atoms with Crippen LogP contribution < -0.4 is 20.7 Å². The molecule has 21 heteroatoms. The van der Waals surface area contributed by atoms with Crippen LogP contribution in [0.1, 0.15) is 30.1 Å². The fourth-order valence-electron chi connectivity index (χ4n) is 8.18. The molecule has 2 aliphatic carbocycles. The summed E-state index contributed by atoms with van der Waals surface area (Å²) in [5, 5.41) is 10.8. The van der Waals surface area contributed by atoms with Gasteiger partial charge in [0.1, 0.15) is 17.5 Å². The number of carbonyl (C=O) groups excluding carboxylic acids is 2. The lowest BCUT2D eigenvalue weighted by atomic mass is 9.94. The van der Waals surface area contributed by atoms with Gasteiger partial charge in [-0.15, -0.1) is 0 Å². The van der Waals surface area contributed by atoms with Crippen LogP contribution >= 0.6 is 0 Å². The van der Waals surface area contributed by atoms with Crippen LogP contribution in [0.5, 0.6) is 0 Å². The quantitative estimate of drug-likeness (QED) is 0.154. The lowest BCUT2D eigenvalue weighted by Crippen LogP contribution is -2.38. The Morgan fingerprint density at radius 2 is 1.82 bits per heavy atom. The van der Waals surface area contributed by atoms with E-state index < -0.39 is 93.9 Å². The van der Waals surface area contributed by atoms with Crippen LogP contribution in [0.4, 0.5) is 42.4 Å². The van der Waals surface area contributed by atoms with Crippen LogP contribution in [0.15, 0.2) is 64.9 Å². The highest BCUT2D eigenvalue weighted by Crippen LogP contribution is 2.66. The molecule has 4 heterocycles. The molecule has 57 heavy (non-hydrogen) atoms. The second kappa shape index (κ2) is 13.3. The zero-order chi connectivity index (χ0) is 40.9. The zero-order valence-corrected chi connectivity index (χ0v) is 30.8. The van der Waals surface area contributed by atoms with Crippen LogP contribution in [0.25, 0.3) is 22.0 Å². The van der Waals surface area contributed by atoms with Gasteiger partial charge in [-0.3, -0.25) is 23.9 Å². The van der Waals surface area contributed by atoms with Crippen LogP contribution in [-0.2, 0) is 33.1 Å². The molecule has 8 rings (SSSR count). The van der Waals surface area contributed by atoms with E-state index in [0.717, 1.165) is 18.4 Å². The highest BCUT2D eigenvalue weighted by atomic mass is 32.2. The van der Waals surface area contributed by atoms with E-state index in [1.54, 1.807) is 31.3 Å². The Labute approximate surface area is 319 Å². The number of aromatic nitrogens is 3. The molecule has 5 atom stereocenters. The molecule has 2 aliphatic heterocycles. The van der Waals surface area contributed by atoms with Crippen molar-refractivity contribution in [2.75, 3.05) is 29.0 Å². The summed E-state index contributed by atoms with van der Waals surface area (Å²) >= 11 is 0. The van der Waals surface area contributed by atoms with Gasteiger partial charge >= 0.3 is 12.1 Å². The molecular formula is C36H33F7N9O4S+. The molecule has 0 radical (unpaired) electrons. The normalized spacial score (nSPS) is 23.2. The number of azo groups is 2. The number of alkyl halides is 5. The Kier molecular flexibility index (Phi) is 8.98. The standard InChI is InChI=1S/C36H32F7N9O4S/c1-50-31-21(4-3-5-22(31)34(48-50)49-57(2,55)56)20-6-7-26(51-14-19(44)12-28(51)54)46-30(20)25(10-16-8-17(37)11-18(38)9-16)45-27(53)15-52-33-29(32(47-52)36(41,42)43)23-13-24(23)35(33,39)40/h3-9,11,19,23-25,32H,10,12-15,44H2,1-2H3,(H-,45,48,49,53)/p+1/t19?,23-,24+,25-,32?/m0/s1. The summed E-state index contributed by atoms with van der Waals surface area (Å²) in [7, 11) is -2.25. The van der Waals surface area contributed by atoms with Gasteiger partial charge in [-0.05, 0) is 59.8 Å². The summed E-state index contributed by atoms with van der Waals surface area (Å²) in [4.78, 5) is 33.0. The third-order valence-electron chi connectivity index (χ3n) is 10.5. The van der Waals surface area contributed by atoms with Gasteiger partial charge in [-0.2, -0.15) is 27.1 Å². The Balaban J connectivity index is 1.25. The topological polar surface area (TPSA) is 168 Å². The van der Waals surface area contributed by atoms with E-state index in [4.69, 9.17) is 10.7 Å². The van der Waals surface area contributed by atoms with Gasteiger partial charge in [0.05, 0.1) is 23.5 Å². The molecule has 2 fully saturated rings. The van der Waals surface area contributed by atoms with Crippen molar-refractivity contribution in [2.45, 2.75) is 49.5 Å². The maximum atomic E-state index is 15.4. The van der Waals surface area contributed by atoms with Crippen molar-refractivity contribution < 1.29 is 53.4 Å². The molecule has 2 aromatic heterocycles. The average molecular weight is 821 g/mol. The maximum Gasteiger partial charge on any atom is 0.420 e. The minimum Gasteiger partial charge on any atom is -0.342 e. The minimum atomic E-state index is -5.00. The molecule has 300 valence electrons. The van der Waals surface area contributed by atoms with E-state index in [1.165, 1.54) is 15.6 Å². The number of aryl methyl sites for hydroxylation is 1. The number of halogens is 7. The van der Waals surface area contributed by atoms with E-state index in [-0.39, 0.29) is 53.8 Å². The van der Waals surface area contributed by atoms with Gasteiger partial charge in [0.25, 0.3) is 18.1 Å². The number of fused-ring (bicyclic) bond motifs is 3. The van der Waals surface area contributed by atoms with Crippen LogP contribution in [-0.4, -0.2) is 83.2 Å². The van der Waals surface area contributed by atoms with Crippen LogP contribution in [0.2, 0.25) is 0 Å². The fourth-order valence-corrected chi connectivity index (χ4v) is 8.69. The Bertz CT molecular complexity index is 2540. The number of anilines is 2. The van der Waals surface area contributed by atoms with E-state index in [9.17, 15) is 40.0 Å². The number of allylic oxidation sites excluding steroid dienone is 1. The van der Waals surface area contributed by atoms with Gasteiger partial charge in [-0.1, -0.05) is 16.8 Å². The van der Waals surface area contributed by atoms with E-state index in [1.807, 2.05) is 0 Å². The minimum absolute atomic E-state index is 0.00371. The smallest absolute Gasteiger partial charge is 0.342 e. The second-order valence-corrected chi connectivity index (χ2v) is 16.5. The number of sulfonamides is 1. The molecule has 2 amide bonds. The van der Waals surface area contributed by atoms with Gasteiger partial charge in [0.15, 0.2) is 5.82 Å². The van der Waals surface area contributed by atoms with Crippen molar-refractivity contribution in [3.63, 3.8) is 0 Å². The van der Waals surface area contributed by atoms with Crippen molar-refractivity contribution >= 4 is 44.4 Å². The first-order chi connectivity index (χ1) is 26.7. The lowest BCUT2D eigenvalue weighted by Gasteiger charge is -2.24. The lowest BCUT2D eigenvalue weighted by molar-refractivity contribution is -0.549. The van der Waals surface area contributed by atoms with Gasteiger partial charge in [-0.25, -0.2) is 22.2 Å². The molecule has 4 aromatic rings. The van der Waals surface area contributed by atoms with Gasteiger partial charge in [0, 0.05) is 60.1 Å². The highest BCUT2D eigenvalue weighted by Gasteiger charge is 2.75. The number of hydrogen-bond donors (Lipinski definition) is 3. The fraction of sp³-hybridized carbons (Fsp3) is 0.389. The summed E-state index contributed by atoms with van der Waals surface area (Å²) in [5.74, 6) is -9.33. The number of pyridine rings is 1. The monoisotopic (exact) mass is 820 g/mol. The predicted octanol–water partition coefficient (Wildman–Crippen LogP) is 4.70. The second-order valence-electron chi connectivity index (χ2n) is 14.7. The molecule has 4 aliphatic rings. The first-order valence-electron chi connectivity index (χ1n) is 17.6. The molecule has 2 aromatic carbocycles. The Morgan fingerprint density at radius 3 is 2.47 bits per heavy atom. The third kappa shape index (κ3) is 6.99. The average Bonchev–Trinajstić information content (AvgIpc) is 3.46. The molecule has 13 nitrogen and oxygen atoms in total. The van der Waals surface area contributed by atoms with E-state index in [0.29, 0.717) is 27.2 Å². The summed E-state index contributed by atoms with van der Waals surface area (Å²) < 4.78 is 131.